The van der Waals surface area contributed by atoms with E-state index in [1.807, 2.05) is 24.3 Å². The van der Waals surface area contributed by atoms with Crippen LogP contribution in [0.1, 0.15) is 22.5 Å². The molecule has 0 atom stereocenters. The van der Waals surface area contributed by atoms with Crippen molar-refractivity contribution in [2.75, 3.05) is 25.1 Å². The van der Waals surface area contributed by atoms with E-state index in [-0.39, 0.29) is 6.61 Å². The number of rotatable bonds is 9. The van der Waals surface area contributed by atoms with Crippen molar-refractivity contribution in [1.82, 2.24) is 9.97 Å². The van der Waals surface area contributed by atoms with Gasteiger partial charge in [-0.3, -0.25) is 4.99 Å². The molecule has 0 fully saturated rings. The number of hydrogen-bond donors (Lipinski definition) is 3. The van der Waals surface area contributed by atoms with Crippen LogP contribution in [0.15, 0.2) is 52.3 Å². The summed E-state index contributed by atoms with van der Waals surface area (Å²) in [5, 5.41) is 9.18. The van der Waals surface area contributed by atoms with Gasteiger partial charge in [0.2, 0.25) is 5.55 Å². The molecule has 148 valence electrons. The molecule has 7 nitrogen and oxygen atoms in total. The average Bonchev–Trinajstić information content (AvgIpc) is 3.18. The summed E-state index contributed by atoms with van der Waals surface area (Å²) >= 11 is 1.71. The third-order valence-corrected chi connectivity index (χ3v) is 5.20. The molecule has 0 spiro atoms. The highest BCUT2D eigenvalue weighted by molar-refractivity contribution is 7.98. The lowest BCUT2D eigenvalue weighted by Gasteiger charge is -2.06. The van der Waals surface area contributed by atoms with Crippen LogP contribution in [0.4, 0.5) is 5.69 Å². The number of benzene rings is 1. The fourth-order valence-corrected chi connectivity index (χ4v) is 3.47. The molecule has 4 N–H and O–H groups in total. The molecule has 0 aliphatic heterocycles. The van der Waals surface area contributed by atoms with Crippen molar-refractivity contribution in [3.05, 3.63) is 71.0 Å². The monoisotopic (exact) mass is 400 g/mol. The summed E-state index contributed by atoms with van der Waals surface area (Å²) in [7, 11) is 1.65. The topological polar surface area (TPSA) is 110 Å². The normalized spacial score (nSPS) is 11.7. The van der Waals surface area contributed by atoms with E-state index in [0.29, 0.717) is 29.9 Å². The third kappa shape index (κ3) is 5.40. The van der Waals surface area contributed by atoms with Crippen molar-refractivity contribution in [2.45, 2.75) is 18.8 Å². The van der Waals surface area contributed by atoms with Crippen LogP contribution >= 0.6 is 11.8 Å². The Morgan fingerprint density at radius 3 is 2.86 bits per heavy atom. The van der Waals surface area contributed by atoms with E-state index in [0.717, 1.165) is 34.1 Å². The van der Waals surface area contributed by atoms with E-state index in [9.17, 15) is 5.11 Å². The molecule has 0 unspecified atom stereocenters. The summed E-state index contributed by atoms with van der Waals surface area (Å²) in [5.41, 5.74) is 11.1. The van der Waals surface area contributed by atoms with Crippen LogP contribution in [0, 0.1) is 0 Å². The van der Waals surface area contributed by atoms with Crippen molar-refractivity contribution in [3.8, 4) is 5.75 Å². The zero-order valence-corrected chi connectivity index (χ0v) is 16.5. The molecule has 0 aliphatic carbocycles. The van der Waals surface area contributed by atoms with Gasteiger partial charge >= 0.3 is 0 Å². The Bertz CT molecular complexity index is 951. The van der Waals surface area contributed by atoms with E-state index in [4.69, 9.17) is 14.9 Å². The second kappa shape index (κ2) is 10.0. The van der Waals surface area contributed by atoms with Crippen LogP contribution in [0.5, 0.6) is 5.75 Å². The van der Waals surface area contributed by atoms with Gasteiger partial charge in [0.05, 0.1) is 44.2 Å². The third-order valence-electron chi connectivity index (χ3n) is 4.23. The van der Waals surface area contributed by atoms with Gasteiger partial charge in [0.25, 0.3) is 0 Å². The lowest BCUT2D eigenvalue weighted by molar-refractivity contribution is 0.276. The Labute approximate surface area is 167 Å². The Morgan fingerprint density at radius 1 is 1.32 bits per heavy atom. The first-order chi connectivity index (χ1) is 13.7. The standard InChI is InChI=1S/C20H24N4O3S/c1-26-16-4-2-14(3-5-16)8-15-11-27-20(9-17(15)21)22-6-7-28-12-19-18(10-25)23-13-24-19/h2-5,9,11,13,25H,6-8,10,12,21H2,1H3,(H,23,24). The molecule has 3 rings (SSSR count). The van der Waals surface area contributed by atoms with Crippen LogP contribution in [0.2, 0.25) is 0 Å². The predicted molar refractivity (Wildman–Crippen MR) is 110 cm³/mol. The number of thioether (sulfide) groups is 1. The molecular weight excluding hydrogens is 376 g/mol. The van der Waals surface area contributed by atoms with E-state index in [1.54, 1.807) is 37.5 Å². The number of H-pyrrole nitrogens is 1. The number of hydrogen-bond acceptors (Lipinski definition) is 7. The van der Waals surface area contributed by atoms with Crippen LogP contribution in [-0.2, 0) is 18.8 Å². The molecular formula is C20H24N4O3S. The number of aromatic amines is 1. The fraction of sp³-hybridized carbons (Fsp3) is 0.300. The van der Waals surface area contributed by atoms with Gasteiger partial charge in [0.15, 0.2) is 0 Å². The minimum Gasteiger partial charge on any atom is -0.497 e. The fourth-order valence-electron chi connectivity index (χ4n) is 2.65. The molecule has 0 amide bonds. The van der Waals surface area contributed by atoms with E-state index in [2.05, 4.69) is 15.0 Å². The maximum atomic E-state index is 9.18. The van der Waals surface area contributed by atoms with Gasteiger partial charge < -0.3 is 25.0 Å². The summed E-state index contributed by atoms with van der Waals surface area (Å²) in [6, 6.07) is 9.64. The number of aromatic nitrogens is 2. The highest BCUT2D eigenvalue weighted by Crippen LogP contribution is 2.17. The first kappa shape index (κ1) is 20.0. The van der Waals surface area contributed by atoms with Crippen LogP contribution < -0.4 is 16.0 Å². The van der Waals surface area contributed by atoms with Crippen molar-refractivity contribution < 1.29 is 14.3 Å². The highest BCUT2D eigenvalue weighted by atomic mass is 32.2. The Balaban J connectivity index is 1.52. The first-order valence-electron chi connectivity index (χ1n) is 8.90. The molecule has 0 saturated heterocycles. The number of ether oxygens (including phenoxy) is 1. The van der Waals surface area contributed by atoms with Crippen LogP contribution in [0.3, 0.4) is 0 Å². The van der Waals surface area contributed by atoms with E-state index < -0.39 is 0 Å². The molecule has 0 aliphatic rings. The van der Waals surface area contributed by atoms with Gasteiger partial charge in [-0.2, -0.15) is 11.8 Å². The van der Waals surface area contributed by atoms with Gasteiger partial charge in [0.1, 0.15) is 5.75 Å². The van der Waals surface area contributed by atoms with E-state index >= 15 is 0 Å². The van der Waals surface area contributed by atoms with Gasteiger partial charge in [-0.15, -0.1) is 0 Å². The smallest absolute Gasteiger partial charge is 0.215 e. The predicted octanol–water partition coefficient (Wildman–Crippen LogP) is 2.51. The second-order valence-corrected chi connectivity index (χ2v) is 7.25. The number of methoxy groups -OCH3 is 1. The number of nitrogen functional groups attached to an aromatic ring is 1. The number of imidazole rings is 1. The van der Waals surface area contributed by atoms with E-state index in [1.165, 1.54) is 0 Å². The lowest BCUT2D eigenvalue weighted by Crippen LogP contribution is -2.07. The van der Waals surface area contributed by atoms with Gasteiger partial charge in [-0.1, -0.05) is 12.1 Å². The van der Waals surface area contributed by atoms with Crippen LogP contribution in [0.25, 0.3) is 0 Å². The number of aliphatic hydroxyl groups excluding tert-OH is 1. The molecule has 0 bridgehead atoms. The Morgan fingerprint density at radius 2 is 2.14 bits per heavy atom. The molecule has 0 saturated carbocycles. The zero-order chi connectivity index (χ0) is 19.8. The molecule has 28 heavy (non-hydrogen) atoms. The van der Waals surface area contributed by atoms with Crippen molar-refractivity contribution >= 4 is 17.4 Å². The number of nitrogens with zero attached hydrogens (tertiary/aromatic N) is 2. The summed E-state index contributed by atoms with van der Waals surface area (Å²) < 4.78 is 10.8. The zero-order valence-electron chi connectivity index (χ0n) is 15.7. The molecule has 1 aromatic carbocycles. The van der Waals surface area contributed by atoms with Gasteiger partial charge in [0, 0.05) is 35.2 Å². The molecule has 3 aromatic rings. The second-order valence-electron chi connectivity index (χ2n) is 6.14. The average molecular weight is 401 g/mol. The summed E-state index contributed by atoms with van der Waals surface area (Å²) in [6.07, 6.45) is 3.96. The number of nitrogens with two attached hydrogens (primary N) is 1. The summed E-state index contributed by atoms with van der Waals surface area (Å²) in [5.74, 6) is 2.41. The largest absolute Gasteiger partial charge is 0.497 e. The summed E-state index contributed by atoms with van der Waals surface area (Å²) in [6.45, 7) is 0.568. The lowest BCUT2D eigenvalue weighted by atomic mass is 10.1. The maximum absolute atomic E-state index is 9.18. The molecule has 0 radical (unpaired) electrons. The maximum Gasteiger partial charge on any atom is 0.215 e. The number of aliphatic hydroxyl groups is 1. The first-order valence-corrected chi connectivity index (χ1v) is 10.1. The molecule has 2 heterocycles. The van der Waals surface area contributed by atoms with Crippen molar-refractivity contribution in [3.63, 3.8) is 0 Å². The summed E-state index contributed by atoms with van der Waals surface area (Å²) in [4.78, 5) is 11.5. The number of nitrogens with one attached hydrogen (secondary N) is 1. The van der Waals surface area contributed by atoms with Crippen LogP contribution in [-0.4, -0.2) is 34.5 Å². The number of anilines is 1. The Kier molecular flexibility index (Phi) is 7.16. The SMILES string of the molecule is COc1ccc(Cc2coc(=NCCSCc3[nH]cnc3CO)cc2N)cc1. The highest BCUT2D eigenvalue weighted by Gasteiger charge is 2.05. The van der Waals surface area contributed by atoms with Gasteiger partial charge in [-0.05, 0) is 17.7 Å². The quantitative estimate of drug-likeness (QED) is 0.476. The molecule has 8 heteroatoms. The Hall–Kier alpha value is -2.71. The minimum absolute atomic E-state index is 0.0508. The van der Waals surface area contributed by atoms with Gasteiger partial charge in [-0.25, -0.2) is 4.98 Å². The minimum atomic E-state index is -0.0508. The van der Waals surface area contributed by atoms with Crippen molar-refractivity contribution in [1.29, 1.82) is 0 Å². The van der Waals surface area contributed by atoms with Crippen molar-refractivity contribution in [2.24, 2.45) is 4.99 Å². The molecule has 2 aromatic heterocycles.